The van der Waals surface area contributed by atoms with Gasteiger partial charge in [-0.3, -0.25) is 13.9 Å². The predicted molar refractivity (Wildman–Crippen MR) is 153 cm³/mol. The summed E-state index contributed by atoms with van der Waals surface area (Å²) in [4.78, 5) is 28.0. The molecule has 0 heterocycles. The zero-order valence-electron chi connectivity index (χ0n) is 23.4. The van der Waals surface area contributed by atoms with E-state index in [1.54, 1.807) is 37.3 Å². The fourth-order valence-electron chi connectivity index (χ4n) is 3.96. The third-order valence-corrected chi connectivity index (χ3v) is 8.19. The summed E-state index contributed by atoms with van der Waals surface area (Å²) in [5, 5.41) is 2.81. The number of sulfonamides is 1. The number of ether oxygens (including phenoxy) is 1. The van der Waals surface area contributed by atoms with Crippen LogP contribution >= 0.6 is 0 Å². The number of rotatable bonds is 12. The number of anilines is 1. The number of hydrogen-bond donors (Lipinski definition) is 1. The molecule has 214 valence electrons. The highest BCUT2D eigenvalue weighted by Gasteiger charge is 2.33. The van der Waals surface area contributed by atoms with Gasteiger partial charge in [-0.1, -0.05) is 49.7 Å². The molecule has 1 N–H and O–H groups in total. The van der Waals surface area contributed by atoms with E-state index in [0.717, 1.165) is 9.87 Å². The van der Waals surface area contributed by atoms with Crippen LogP contribution in [0.15, 0.2) is 77.7 Å². The van der Waals surface area contributed by atoms with Gasteiger partial charge in [0.1, 0.15) is 24.2 Å². The maximum atomic E-state index is 14.6. The van der Waals surface area contributed by atoms with Crippen LogP contribution in [0.5, 0.6) is 5.75 Å². The fourth-order valence-corrected chi connectivity index (χ4v) is 5.37. The molecule has 0 unspecified atom stereocenters. The van der Waals surface area contributed by atoms with Gasteiger partial charge in [-0.05, 0) is 62.2 Å². The fraction of sp³-hybridized carbons (Fsp3) is 0.333. The maximum Gasteiger partial charge on any atom is 0.264 e. The van der Waals surface area contributed by atoms with Crippen molar-refractivity contribution in [3.8, 4) is 5.75 Å². The highest BCUT2D eigenvalue weighted by molar-refractivity contribution is 7.92. The lowest BCUT2D eigenvalue weighted by atomic mass is 10.1. The van der Waals surface area contributed by atoms with Gasteiger partial charge >= 0.3 is 0 Å². The van der Waals surface area contributed by atoms with Crippen molar-refractivity contribution in [2.24, 2.45) is 5.92 Å². The Bertz CT molecular complexity index is 1410. The molecular weight excluding hydrogens is 533 g/mol. The Morgan fingerprint density at radius 1 is 0.950 bits per heavy atom. The molecule has 3 rings (SSSR count). The number of nitrogens with one attached hydrogen (secondary N) is 1. The van der Waals surface area contributed by atoms with Crippen LogP contribution in [-0.2, 0) is 26.2 Å². The topological polar surface area (TPSA) is 96.0 Å². The molecule has 0 aromatic heterocycles. The number of benzene rings is 3. The molecule has 3 aromatic rings. The second-order valence-corrected chi connectivity index (χ2v) is 11.8. The van der Waals surface area contributed by atoms with E-state index in [0.29, 0.717) is 12.3 Å². The first-order valence-corrected chi connectivity index (χ1v) is 14.4. The first kappa shape index (κ1) is 30.6. The van der Waals surface area contributed by atoms with E-state index in [9.17, 15) is 22.4 Å². The molecule has 8 nitrogen and oxygen atoms in total. The van der Waals surface area contributed by atoms with Crippen LogP contribution in [0, 0.1) is 18.7 Å². The lowest BCUT2D eigenvalue weighted by molar-refractivity contribution is -0.139. The molecule has 0 aliphatic heterocycles. The monoisotopic (exact) mass is 569 g/mol. The van der Waals surface area contributed by atoms with Gasteiger partial charge in [0, 0.05) is 18.7 Å². The highest BCUT2D eigenvalue weighted by Crippen LogP contribution is 2.26. The Balaban J connectivity index is 2.02. The molecule has 0 aliphatic carbocycles. The van der Waals surface area contributed by atoms with Gasteiger partial charge < -0.3 is 15.0 Å². The van der Waals surface area contributed by atoms with Crippen molar-refractivity contribution >= 4 is 27.5 Å². The summed E-state index contributed by atoms with van der Waals surface area (Å²) in [5.74, 6) is -0.949. The van der Waals surface area contributed by atoms with E-state index in [2.05, 4.69) is 5.32 Å². The van der Waals surface area contributed by atoms with Crippen LogP contribution in [0.25, 0.3) is 0 Å². The molecule has 0 fully saturated rings. The minimum atomic E-state index is -4.21. The maximum absolute atomic E-state index is 14.6. The Labute approximate surface area is 235 Å². The predicted octanol–water partition coefficient (Wildman–Crippen LogP) is 4.53. The molecule has 0 saturated carbocycles. The SMILES string of the molecule is COc1ccc(S(=O)(=O)N(CC(=O)N(Cc2ccccc2F)[C@H](C)C(=O)NCC(C)C)c2ccc(C)cc2)cc1. The zero-order valence-corrected chi connectivity index (χ0v) is 24.2. The van der Waals surface area contributed by atoms with Gasteiger partial charge in [0.15, 0.2) is 0 Å². The lowest BCUT2D eigenvalue weighted by Crippen LogP contribution is -2.51. The van der Waals surface area contributed by atoms with Crippen LogP contribution in [0.2, 0.25) is 0 Å². The smallest absolute Gasteiger partial charge is 0.264 e. The highest BCUT2D eigenvalue weighted by atomic mass is 32.2. The van der Waals surface area contributed by atoms with E-state index in [1.165, 1.54) is 54.5 Å². The third-order valence-electron chi connectivity index (χ3n) is 6.40. The Kier molecular flexibility index (Phi) is 10.3. The van der Waals surface area contributed by atoms with Gasteiger partial charge in [0.2, 0.25) is 11.8 Å². The molecule has 10 heteroatoms. The Morgan fingerprint density at radius 3 is 2.15 bits per heavy atom. The summed E-state index contributed by atoms with van der Waals surface area (Å²) in [6.45, 7) is 6.87. The van der Waals surface area contributed by atoms with E-state index in [4.69, 9.17) is 4.74 Å². The number of amides is 2. The van der Waals surface area contributed by atoms with Crippen LogP contribution in [-0.4, -0.2) is 51.4 Å². The Hall–Kier alpha value is -3.92. The van der Waals surface area contributed by atoms with E-state index in [1.807, 2.05) is 20.8 Å². The molecule has 1 atom stereocenters. The molecule has 0 aliphatic rings. The first-order valence-electron chi connectivity index (χ1n) is 13.0. The van der Waals surface area contributed by atoms with Crippen molar-refractivity contribution in [1.82, 2.24) is 10.2 Å². The molecule has 0 spiro atoms. The summed E-state index contributed by atoms with van der Waals surface area (Å²) >= 11 is 0. The number of aryl methyl sites for hydroxylation is 1. The second-order valence-electron chi connectivity index (χ2n) is 9.95. The summed E-state index contributed by atoms with van der Waals surface area (Å²) < 4.78 is 48.5. The van der Waals surface area contributed by atoms with Crippen molar-refractivity contribution in [2.45, 2.75) is 45.2 Å². The average molecular weight is 570 g/mol. The van der Waals surface area contributed by atoms with Gasteiger partial charge in [-0.15, -0.1) is 0 Å². The second kappa shape index (κ2) is 13.4. The van der Waals surface area contributed by atoms with Crippen LogP contribution < -0.4 is 14.4 Å². The van der Waals surface area contributed by atoms with Crippen molar-refractivity contribution in [3.05, 3.63) is 89.7 Å². The van der Waals surface area contributed by atoms with Crippen LogP contribution in [0.3, 0.4) is 0 Å². The molecule has 3 aromatic carbocycles. The normalized spacial score (nSPS) is 12.1. The van der Waals surface area contributed by atoms with Crippen molar-refractivity contribution in [3.63, 3.8) is 0 Å². The number of nitrogens with zero attached hydrogens (tertiary/aromatic N) is 2. The average Bonchev–Trinajstić information content (AvgIpc) is 2.94. The van der Waals surface area contributed by atoms with Gasteiger partial charge in [0.05, 0.1) is 17.7 Å². The molecule has 0 bridgehead atoms. The zero-order chi connectivity index (χ0) is 29.4. The van der Waals surface area contributed by atoms with Crippen molar-refractivity contribution in [1.29, 1.82) is 0 Å². The summed E-state index contributed by atoms with van der Waals surface area (Å²) in [5.41, 5.74) is 1.39. The summed E-state index contributed by atoms with van der Waals surface area (Å²) in [6, 6.07) is 17.5. The largest absolute Gasteiger partial charge is 0.497 e. The molecular formula is C30H36FN3O5S. The van der Waals surface area contributed by atoms with Gasteiger partial charge in [-0.2, -0.15) is 0 Å². The molecule has 0 saturated heterocycles. The van der Waals surface area contributed by atoms with E-state index < -0.39 is 40.2 Å². The van der Waals surface area contributed by atoms with Crippen LogP contribution in [0.4, 0.5) is 10.1 Å². The molecule has 40 heavy (non-hydrogen) atoms. The standard InChI is InChI=1S/C30H36FN3O5S/c1-21(2)18-32-30(36)23(4)33(19-24-8-6-7-9-28(24)31)29(35)20-34(25-12-10-22(3)11-13-25)40(37,38)27-16-14-26(39-5)15-17-27/h6-17,21,23H,18-20H2,1-5H3,(H,32,36)/t23-/m1/s1. The Morgan fingerprint density at radius 2 is 1.57 bits per heavy atom. The minimum absolute atomic E-state index is 0.0370. The summed E-state index contributed by atoms with van der Waals surface area (Å²) in [6.07, 6.45) is 0. The van der Waals surface area contributed by atoms with Gasteiger partial charge in [0.25, 0.3) is 10.0 Å². The quantitative estimate of drug-likeness (QED) is 0.346. The third kappa shape index (κ3) is 7.59. The lowest BCUT2D eigenvalue weighted by Gasteiger charge is -2.32. The van der Waals surface area contributed by atoms with Crippen LogP contribution in [0.1, 0.15) is 31.9 Å². The number of carbonyl (C=O) groups is 2. The number of carbonyl (C=O) groups excluding carboxylic acids is 2. The van der Waals surface area contributed by atoms with E-state index >= 15 is 0 Å². The molecule has 0 radical (unpaired) electrons. The first-order chi connectivity index (χ1) is 18.9. The number of halogens is 1. The van der Waals surface area contributed by atoms with Gasteiger partial charge in [-0.25, -0.2) is 12.8 Å². The summed E-state index contributed by atoms with van der Waals surface area (Å²) in [7, 11) is -2.74. The number of methoxy groups -OCH3 is 1. The molecule has 2 amide bonds. The van der Waals surface area contributed by atoms with E-state index in [-0.39, 0.29) is 28.6 Å². The minimum Gasteiger partial charge on any atom is -0.497 e. The number of hydrogen-bond acceptors (Lipinski definition) is 5. The van der Waals surface area contributed by atoms with Crippen molar-refractivity contribution < 1.29 is 27.1 Å². The van der Waals surface area contributed by atoms with Crippen molar-refractivity contribution in [2.75, 3.05) is 24.5 Å².